The van der Waals surface area contributed by atoms with Crippen LogP contribution in [0.2, 0.25) is 0 Å². The molecule has 1 aromatic carbocycles. The lowest BCUT2D eigenvalue weighted by molar-refractivity contribution is 0.122. The van der Waals surface area contributed by atoms with Crippen LogP contribution in [0.25, 0.3) is 5.57 Å². The summed E-state index contributed by atoms with van der Waals surface area (Å²) in [6.45, 7) is 9.60. The molecule has 0 aromatic heterocycles. The number of rotatable bonds is 3. The van der Waals surface area contributed by atoms with Crippen LogP contribution in [0, 0.1) is 5.92 Å². The molecule has 0 spiro atoms. The number of fused-ring (bicyclic) bond motifs is 2. The normalized spacial score (nSPS) is 28.5. The summed E-state index contributed by atoms with van der Waals surface area (Å²) in [5, 5.41) is 0. The standard InChI is InChI=1S/C19H26N2O/c1-14(2)21-13-15-11-18(19(21)12-15)16-3-5-17(6-4-16)20-7-9-22-10-8-20/h3-6,11,14-15,19H,7-10,12-13H2,1-2H3/t15-,19-/m0/s1. The first-order valence-electron chi connectivity index (χ1n) is 8.63. The van der Waals surface area contributed by atoms with Crippen LogP contribution in [0.5, 0.6) is 0 Å². The third-order valence-corrected chi connectivity index (χ3v) is 5.39. The van der Waals surface area contributed by atoms with Crippen molar-refractivity contribution in [3.05, 3.63) is 35.9 Å². The highest BCUT2D eigenvalue weighted by atomic mass is 16.5. The predicted molar refractivity (Wildman–Crippen MR) is 91.2 cm³/mol. The van der Waals surface area contributed by atoms with E-state index >= 15 is 0 Å². The molecule has 0 N–H and O–H groups in total. The lowest BCUT2D eigenvalue weighted by Gasteiger charge is -2.32. The first-order valence-corrected chi connectivity index (χ1v) is 8.63. The third kappa shape index (κ3) is 2.46. The molecule has 2 fully saturated rings. The lowest BCUT2D eigenvalue weighted by atomic mass is 9.98. The number of benzene rings is 1. The molecule has 118 valence electrons. The molecule has 2 aliphatic heterocycles. The molecule has 0 radical (unpaired) electrons. The first-order chi connectivity index (χ1) is 10.7. The predicted octanol–water partition coefficient (Wildman–Crippen LogP) is 3.02. The number of ether oxygens (including phenoxy) is 1. The highest BCUT2D eigenvalue weighted by Gasteiger charge is 2.40. The molecule has 2 saturated heterocycles. The Kier molecular flexibility index (Phi) is 3.71. The summed E-state index contributed by atoms with van der Waals surface area (Å²) in [4.78, 5) is 5.08. The van der Waals surface area contributed by atoms with Gasteiger partial charge in [-0.1, -0.05) is 18.2 Å². The smallest absolute Gasteiger partial charge is 0.0642 e. The second-order valence-electron chi connectivity index (χ2n) is 7.07. The zero-order valence-corrected chi connectivity index (χ0v) is 13.7. The van der Waals surface area contributed by atoms with Gasteiger partial charge in [-0.25, -0.2) is 0 Å². The summed E-state index contributed by atoms with van der Waals surface area (Å²) in [5.41, 5.74) is 4.30. The Morgan fingerprint density at radius 3 is 2.45 bits per heavy atom. The van der Waals surface area contributed by atoms with Crippen molar-refractivity contribution < 1.29 is 4.74 Å². The van der Waals surface area contributed by atoms with Gasteiger partial charge in [-0.2, -0.15) is 0 Å². The van der Waals surface area contributed by atoms with Gasteiger partial charge < -0.3 is 9.64 Å². The van der Waals surface area contributed by atoms with Gasteiger partial charge in [-0.3, -0.25) is 4.90 Å². The minimum absolute atomic E-state index is 0.638. The van der Waals surface area contributed by atoms with E-state index in [1.165, 1.54) is 24.2 Å². The molecule has 1 aromatic rings. The van der Waals surface area contributed by atoms with Gasteiger partial charge in [0.15, 0.2) is 0 Å². The van der Waals surface area contributed by atoms with Crippen molar-refractivity contribution in [2.45, 2.75) is 32.4 Å². The zero-order valence-electron chi connectivity index (χ0n) is 13.7. The number of morpholine rings is 1. The van der Waals surface area contributed by atoms with Crippen molar-refractivity contribution >= 4 is 11.3 Å². The van der Waals surface area contributed by atoms with Crippen LogP contribution in [0.4, 0.5) is 5.69 Å². The molecule has 22 heavy (non-hydrogen) atoms. The fourth-order valence-electron chi connectivity index (χ4n) is 4.23. The number of anilines is 1. The Balaban J connectivity index is 1.53. The highest BCUT2D eigenvalue weighted by Crippen LogP contribution is 2.42. The van der Waals surface area contributed by atoms with E-state index in [1.807, 2.05) is 0 Å². The van der Waals surface area contributed by atoms with Crippen LogP contribution in [0.15, 0.2) is 30.3 Å². The average molecular weight is 298 g/mol. The maximum absolute atomic E-state index is 5.44. The SMILES string of the molecule is CC(C)N1C[C@H]2C=C(c3ccc(N4CCOCC4)cc3)[C@@H]1C2. The molecule has 1 aliphatic carbocycles. The van der Waals surface area contributed by atoms with Crippen LogP contribution in [-0.4, -0.2) is 49.8 Å². The average Bonchev–Trinajstić information content (AvgIpc) is 3.16. The molecule has 2 heterocycles. The van der Waals surface area contributed by atoms with E-state index < -0.39 is 0 Å². The lowest BCUT2D eigenvalue weighted by Crippen LogP contribution is -2.37. The van der Waals surface area contributed by atoms with Crippen LogP contribution in [0.1, 0.15) is 25.8 Å². The maximum atomic E-state index is 5.44. The van der Waals surface area contributed by atoms with Crippen molar-refractivity contribution in [3.8, 4) is 0 Å². The number of nitrogens with zero attached hydrogens (tertiary/aromatic N) is 2. The van der Waals surface area contributed by atoms with Gasteiger partial charge in [0.25, 0.3) is 0 Å². The summed E-state index contributed by atoms with van der Waals surface area (Å²) in [5.74, 6) is 0.765. The van der Waals surface area contributed by atoms with Gasteiger partial charge in [-0.05, 0) is 49.5 Å². The summed E-state index contributed by atoms with van der Waals surface area (Å²) < 4.78 is 5.44. The highest BCUT2D eigenvalue weighted by molar-refractivity contribution is 5.74. The molecule has 0 unspecified atom stereocenters. The number of likely N-dealkylation sites (tertiary alicyclic amines) is 1. The largest absolute Gasteiger partial charge is 0.378 e. The van der Waals surface area contributed by atoms with E-state index in [-0.39, 0.29) is 0 Å². The fraction of sp³-hybridized carbons (Fsp3) is 0.579. The Morgan fingerprint density at radius 2 is 1.82 bits per heavy atom. The molecule has 3 heteroatoms. The summed E-state index contributed by atoms with van der Waals surface area (Å²) in [6, 6.07) is 10.5. The topological polar surface area (TPSA) is 15.7 Å². The van der Waals surface area contributed by atoms with Gasteiger partial charge in [0.05, 0.1) is 13.2 Å². The van der Waals surface area contributed by atoms with Crippen molar-refractivity contribution in [1.29, 1.82) is 0 Å². The van der Waals surface area contributed by atoms with Gasteiger partial charge in [0.2, 0.25) is 0 Å². The number of hydrogen-bond acceptors (Lipinski definition) is 3. The first kappa shape index (κ1) is 14.3. The van der Waals surface area contributed by atoms with Gasteiger partial charge in [0.1, 0.15) is 0 Å². The van der Waals surface area contributed by atoms with E-state index in [2.05, 4.69) is 54.0 Å². The Hall–Kier alpha value is -1.32. The van der Waals surface area contributed by atoms with Crippen molar-refractivity contribution in [2.75, 3.05) is 37.7 Å². The van der Waals surface area contributed by atoms with Crippen LogP contribution >= 0.6 is 0 Å². The van der Waals surface area contributed by atoms with Crippen molar-refractivity contribution in [2.24, 2.45) is 5.92 Å². The molecule has 4 rings (SSSR count). The van der Waals surface area contributed by atoms with E-state index in [0.29, 0.717) is 12.1 Å². The van der Waals surface area contributed by atoms with Crippen molar-refractivity contribution in [3.63, 3.8) is 0 Å². The van der Waals surface area contributed by atoms with E-state index in [0.717, 1.165) is 32.2 Å². The van der Waals surface area contributed by atoms with E-state index in [1.54, 1.807) is 5.57 Å². The third-order valence-electron chi connectivity index (χ3n) is 5.39. The summed E-state index contributed by atoms with van der Waals surface area (Å²) >= 11 is 0. The Morgan fingerprint density at radius 1 is 1.09 bits per heavy atom. The Labute approximate surface area is 133 Å². The minimum Gasteiger partial charge on any atom is -0.378 e. The molecule has 3 aliphatic rings. The summed E-state index contributed by atoms with van der Waals surface area (Å²) in [6.07, 6.45) is 3.84. The monoisotopic (exact) mass is 298 g/mol. The molecular formula is C19H26N2O. The molecule has 0 amide bonds. The second-order valence-corrected chi connectivity index (χ2v) is 7.07. The quantitative estimate of drug-likeness (QED) is 0.853. The van der Waals surface area contributed by atoms with Crippen LogP contribution in [0.3, 0.4) is 0 Å². The maximum Gasteiger partial charge on any atom is 0.0642 e. The van der Waals surface area contributed by atoms with Gasteiger partial charge in [-0.15, -0.1) is 0 Å². The molecular weight excluding hydrogens is 272 g/mol. The van der Waals surface area contributed by atoms with Gasteiger partial charge in [0, 0.05) is 37.4 Å². The van der Waals surface area contributed by atoms with Crippen LogP contribution < -0.4 is 4.90 Å². The minimum atomic E-state index is 0.638. The second kappa shape index (κ2) is 5.71. The zero-order chi connectivity index (χ0) is 15.1. The van der Waals surface area contributed by atoms with Crippen LogP contribution in [-0.2, 0) is 4.74 Å². The molecule has 0 saturated carbocycles. The molecule has 2 atom stereocenters. The van der Waals surface area contributed by atoms with Gasteiger partial charge >= 0.3 is 0 Å². The molecule has 2 bridgehead atoms. The number of hydrogen-bond donors (Lipinski definition) is 0. The Bertz CT molecular complexity index is 557. The fourth-order valence-corrected chi connectivity index (χ4v) is 4.23. The summed E-state index contributed by atoms with van der Waals surface area (Å²) in [7, 11) is 0. The van der Waals surface area contributed by atoms with E-state index in [4.69, 9.17) is 4.74 Å². The van der Waals surface area contributed by atoms with E-state index in [9.17, 15) is 0 Å². The molecule has 3 nitrogen and oxygen atoms in total. The van der Waals surface area contributed by atoms with Crippen molar-refractivity contribution in [1.82, 2.24) is 4.90 Å².